The summed E-state index contributed by atoms with van der Waals surface area (Å²) in [5, 5.41) is 0. The number of nitrogens with two attached hydrogens (primary N) is 1. The number of hydrogen-bond acceptors (Lipinski definition) is 1. The van der Waals surface area contributed by atoms with Gasteiger partial charge in [-0.05, 0) is 25.2 Å². The highest BCUT2D eigenvalue weighted by atomic mass is 14.6. The fourth-order valence-electron chi connectivity index (χ4n) is 3.08. The Kier molecular flexibility index (Phi) is 8.78. The van der Waals surface area contributed by atoms with Gasteiger partial charge in [0, 0.05) is 6.04 Å². The van der Waals surface area contributed by atoms with Gasteiger partial charge in [0.05, 0.1) is 0 Å². The van der Waals surface area contributed by atoms with Crippen LogP contribution in [0.25, 0.3) is 0 Å². The average Bonchev–Trinajstić information content (AvgIpc) is 2.84. The summed E-state index contributed by atoms with van der Waals surface area (Å²) in [7, 11) is 0. The van der Waals surface area contributed by atoms with Crippen LogP contribution in [0.4, 0.5) is 0 Å². The Balaban J connectivity index is 1.85. The molecule has 2 N–H and O–H groups in total. The predicted octanol–water partition coefficient (Wildman–Crippen LogP) is 5.03. The normalized spacial score (nSPS) is 18.7. The molecule has 0 amide bonds. The molecule has 1 rings (SSSR count). The smallest absolute Gasteiger partial charge is 0.00389 e. The van der Waals surface area contributed by atoms with Crippen molar-refractivity contribution >= 4 is 0 Å². The monoisotopic (exact) mass is 239 g/mol. The number of unbranched alkanes of at least 4 members (excludes halogenated alkanes) is 5. The molecule has 0 spiro atoms. The van der Waals surface area contributed by atoms with E-state index in [1.165, 1.54) is 83.5 Å². The van der Waals surface area contributed by atoms with Gasteiger partial charge in [0.1, 0.15) is 0 Å². The highest BCUT2D eigenvalue weighted by molar-refractivity contribution is 4.70. The topological polar surface area (TPSA) is 26.0 Å². The minimum atomic E-state index is 0.488. The van der Waals surface area contributed by atoms with Gasteiger partial charge in [-0.15, -0.1) is 0 Å². The van der Waals surface area contributed by atoms with Crippen LogP contribution in [-0.4, -0.2) is 6.04 Å². The standard InChI is InChI=1S/C16H33N/c1-2-3-4-5-6-7-12-16(17)14-13-15-10-8-9-11-15/h15-16H,2-14,17H2,1H3. The van der Waals surface area contributed by atoms with E-state index in [4.69, 9.17) is 5.73 Å². The lowest BCUT2D eigenvalue weighted by Crippen LogP contribution is -2.20. The van der Waals surface area contributed by atoms with Crippen molar-refractivity contribution in [3.8, 4) is 0 Å². The SMILES string of the molecule is CCCCCCCCC(N)CCC1CCCC1. The number of rotatable bonds is 10. The van der Waals surface area contributed by atoms with E-state index in [0.29, 0.717) is 6.04 Å². The van der Waals surface area contributed by atoms with Crippen LogP contribution in [-0.2, 0) is 0 Å². The molecule has 1 unspecified atom stereocenters. The first-order valence-electron chi connectivity index (χ1n) is 8.08. The van der Waals surface area contributed by atoms with E-state index < -0.39 is 0 Å². The zero-order valence-electron chi connectivity index (χ0n) is 11.9. The van der Waals surface area contributed by atoms with Gasteiger partial charge in [-0.25, -0.2) is 0 Å². The summed E-state index contributed by atoms with van der Waals surface area (Å²) < 4.78 is 0. The summed E-state index contributed by atoms with van der Waals surface area (Å²) in [5.41, 5.74) is 6.19. The minimum Gasteiger partial charge on any atom is -0.328 e. The first-order chi connectivity index (χ1) is 8.33. The second kappa shape index (κ2) is 9.94. The van der Waals surface area contributed by atoms with Crippen molar-refractivity contribution < 1.29 is 0 Å². The van der Waals surface area contributed by atoms with Crippen LogP contribution < -0.4 is 5.73 Å². The Labute approximate surface area is 109 Å². The molecule has 1 saturated carbocycles. The molecule has 1 aliphatic carbocycles. The van der Waals surface area contributed by atoms with E-state index in [-0.39, 0.29) is 0 Å². The zero-order chi connectivity index (χ0) is 12.3. The van der Waals surface area contributed by atoms with Crippen LogP contribution >= 0.6 is 0 Å². The van der Waals surface area contributed by atoms with Crippen LogP contribution in [0.3, 0.4) is 0 Å². The largest absolute Gasteiger partial charge is 0.328 e. The second-order valence-electron chi connectivity index (χ2n) is 6.04. The van der Waals surface area contributed by atoms with E-state index in [9.17, 15) is 0 Å². The van der Waals surface area contributed by atoms with Gasteiger partial charge in [0.25, 0.3) is 0 Å². The Hall–Kier alpha value is -0.0400. The fourth-order valence-corrected chi connectivity index (χ4v) is 3.08. The highest BCUT2D eigenvalue weighted by Crippen LogP contribution is 2.29. The fraction of sp³-hybridized carbons (Fsp3) is 1.00. The first-order valence-corrected chi connectivity index (χ1v) is 8.08. The molecule has 0 aromatic carbocycles. The Bertz CT molecular complexity index is 161. The second-order valence-corrected chi connectivity index (χ2v) is 6.04. The van der Waals surface area contributed by atoms with Gasteiger partial charge >= 0.3 is 0 Å². The zero-order valence-corrected chi connectivity index (χ0v) is 11.9. The van der Waals surface area contributed by atoms with E-state index in [1.807, 2.05) is 0 Å². The summed E-state index contributed by atoms with van der Waals surface area (Å²) in [6.07, 6.45) is 18.2. The molecule has 0 aliphatic heterocycles. The maximum absolute atomic E-state index is 6.19. The molecule has 0 bridgehead atoms. The van der Waals surface area contributed by atoms with Gasteiger partial charge in [-0.2, -0.15) is 0 Å². The molecule has 102 valence electrons. The van der Waals surface area contributed by atoms with Crippen LogP contribution in [0.1, 0.15) is 90.4 Å². The molecule has 0 saturated heterocycles. The number of hydrogen-bond donors (Lipinski definition) is 1. The molecule has 0 aromatic rings. The van der Waals surface area contributed by atoms with Gasteiger partial charge in [-0.3, -0.25) is 0 Å². The van der Waals surface area contributed by atoms with Gasteiger partial charge < -0.3 is 5.73 Å². The first kappa shape index (κ1) is 15.0. The Morgan fingerprint density at radius 3 is 2.29 bits per heavy atom. The molecule has 0 heterocycles. The Morgan fingerprint density at radius 1 is 0.941 bits per heavy atom. The molecule has 1 atom stereocenters. The summed E-state index contributed by atoms with van der Waals surface area (Å²) in [6, 6.07) is 0.488. The predicted molar refractivity (Wildman–Crippen MR) is 77.2 cm³/mol. The van der Waals surface area contributed by atoms with E-state index in [1.54, 1.807) is 0 Å². The van der Waals surface area contributed by atoms with Gasteiger partial charge in [-0.1, -0.05) is 71.1 Å². The van der Waals surface area contributed by atoms with Crippen molar-refractivity contribution in [1.82, 2.24) is 0 Å². The molecule has 1 fully saturated rings. The summed E-state index contributed by atoms with van der Waals surface area (Å²) in [5.74, 6) is 1.02. The summed E-state index contributed by atoms with van der Waals surface area (Å²) in [4.78, 5) is 0. The molecule has 0 aromatic heterocycles. The van der Waals surface area contributed by atoms with Gasteiger partial charge in [0.15, 0.2) is 0 Å². The Morgan fingerprint density at radius 2 is 1.59 bits per heavy atom. The maximum Gasteiger partial charge on any atom is 0.00389 e. The van der Waals surface area contributed by atoms with Crippen molar-refractivity contribution in [1.29, 1.82) is 0 Å². The molecule has 17 heavy (non-hydrogen) atoms. The van der Waals surface area contributed by atoms with Crippen LogP contribution in [0.5, 0.6) is 0 Å². The maximum atomic E-state index is 6.19. The van der Waals surface area contributed by atoms with Crippen LogP contribution in [0, 0.1) is 5.92 Å². The van der Waals surface area contributed by atoms with Crippen molar-refractivity contribution in [2.24, 2.45) is 11.7 Å². The van der Waals surface area contributed by atoms with Crippen LogP contribution in [0.2, 0.25) is 0 Å². The quantitative estimate of drug-likeness (QED) is 0.531. The average molecular weight is 239 g/mol. The summed E-state index contributed by atoms with van der Waals surface area (Å²) >= 11 is 0. The van der Waals surface area contributed by atoms with Crippen molar-refractivity contribution in [3.63, 3.8) is 0 Å². The lowest BCUT2D eigenvalue weighted by atomic mass is 9.96. The van der Waals surface area contributed by atoms with Crippen molar-refractivity contribution in [2.45, 2.75) is 96.4 Å². The summed E-state index contributed by atoms with van der Waals surface area (Å²) in [6.45, 7) is 2.28. The molecule has 1 heteroatoms. The highest BCUT2D eigenvalue weighted by Gasteiger charge is 2.15. The van der Waals surface area contributed by atoms with Crippen LogP contribution in [0.15, 0.2) is 0 Å². The van der Waals surface area contributed by atoms with E-state index >= 15 is 0 Å². The van der Waals surface area contributed by atoms with E-state index in [2.05, 4.69) is 6.92 Å². The third-order valence-corrected chi connectivity index (χ3v) is 4.35. The lowest BCUT2D eigenvalue weighted by molar-refractivity contribution is 0.427. The van der Waals surface area contributed by atoms with E-state index in [0.717, 1.165) is 5.92 Å². The third-order valence-electron chi connectivity index (χ3n) is 4.35. The minimum absolute atomic E-state index is 0.488. The molecule has 1 aliphatic rings. The van der Waals surface area contributed by atoms with Crippen molar-refractivity contribution in [3.05, 3.63) is 0 Å². The molecule has 0 radical (unpaired) electrons. The molecule has 1 nitrogen and oxygen atoms in total. The third kappa shape index (κ3) is 7.81. The molecular weight excluding hydrogens is 206 g/mol. The molecular formula is C16H33N. The van der Waals surface area contributed by atoms with Crippen molar-refractivity contribution in [2.75, 3.05) is 0 Å². The van der Waals surface area contributed by atoms with Gasteiger partial charge in [0.2, 0.25) is 0 Å². The lowest BCUT2D eigenvalue weighted by Gasteiger charge is -2.14.